The monoisotopic (exact) mass is 281 g/mol. The van der Waals surface area contributed by atoms with Gasteiger partial charge in [-0.25, -0.2) is 0 Å². The number of fused-ring (bicyclic) bond motifs is 2. The van der Waals surface area contributed by atoms with E-state index in [9.17, 15) is 14.7 Å². The van der Waals surface area contributed by atoms with Crippen LogP contribution in [0.15, 0.2) is 12.2 Å². The minimum Gasteiger partial charge on any atom is -0.481 e. The fourth-order valence-corrected chi connectivity index (χ4v) is 3.03. The van der Waals surface area contributed by atoms with Crippen LogP contribution in [0.1, 0.15) is 39.5 Å². The van der Waals surface area contributed by atoms with Crippen molar-refractivity contribution in [1.82, 2.24) is 5.32 Å². The molecule has 0 radical (unpaired) electrons. The first-order valence-electron chi connectivity index (χ1n) is 7.41. The van der Waals surface area contributed by atoms with Crippen LogP contribution in [-0.4, -0.2) is 35.2 Å². The first-order chi connectivity index (χ1) is 9.54. The molecule has 2 heterocycles. The first-order valence-corrected chi connectivity index (χ1v) is 7.41. The lowest BCUT2D eigenvalue weighted by atomic mass is 9.82. The lowest BCUT2D eigenvalue weighted by Gasteiger charge is -2.23. The van der Waals surface area contributed by atoms with Gasteiger partial charge < -0.3 is 15.2 Å². The quantitative estimate of drug-likeness (QED) is 0.550. The van der Waals surface area contributed by atoms with Gasteiger partial charge in [-0.15, -0.1) is 0 Å². The molecule has 5 nitrogen and oxygen atoms in total. The molecular weight excluding hydrogens is 258 g/mol. The Morgan fingerprint density at radius 3 is 2.50 bits per heavy atom. The van der Waals surface area contributed by atoms with Gasteiger partial charge in [0, 0.05) is 6.04 Å². The third-order valence-electron chi connectivity index (χ3n) is 4.12. The normalized spacial score (nSPS) is 32.3. The summed E-state index contributed by atoms with van der Waals surface area (Å²) in [5.41, 5.74) is 0. The molecule has 0 aromatic rings. The molecule has 0 aromatic heterocycles. The van der Waals surface area contributed by atoms with E-state index in [1.807, 2.05) is 6.92 Å². The van der Waals surface area contributed by atoms with Gasteiger partial charge in [0.1, 0.15) is 5.92 Å². The van der Waals surface area contributed by atoms with Crippen molar-refractivity contribution in [3.8, 4) is 0 Å². The highest BCUT2D eigenvalue weighted by atomic mass is 16.5. The average Bonchev–Trinajstić information content (AvgIpc) is 2.98. The van der Waals surface area contributed by atoms with Gasteiger partial charge in [-0.3, -0.25) is 9.59 Å². The van der Waals surface area contributed by atoms with Gasteiger partial charge in [0.05, 0.1) is 18.1 Å². The number of hydrogen-bond donors (Lipinski definition) is 2. The largest absolute Gasteiger partial charge is 0.481 e. The zero-order valence-electron chi connectivity index (χ0n) is 12.0. The second-order valence-electron chi connectivity index (χ2n) is 5.75. The van der Waals surface area contributed by atoms with E-state index in [1.165, 1.54) is 0 Å². The van der Waals surface area contributed by atoms with E-state index in [2.05, 4.69) is 12.2 Å². The summed E-state index contributed by atoms with van der Waals surface area (Å²) in [6, 6.07) is 0.0756. The van der Waals surface area contributed by atoms with E-state index in [0.29, 0.717) is 0 Å². The Hall–Kier alpha value is -1.36. The summed E-state index contributed by atoms with van der Waals surface area (Å²) in [6.07, 6.45) is 7.01. The molecule has 112 valence electrons. The fraction of sp³-hybridized carbons (Fsp3) is 0.733. The molecule has 2 rings (SSSR count). The highest BCUT2D eigenvalue weighted by Gasteiger charge is 2.53. The first kappa shape index (κ1) is 15.0. The van der Waals surface area contributed by atoms with Crippen LogP contribution in [0.2, 0.25) is 0 Å². The zero-order valence-corrected chi connectivity index (χ0v) is 12.0. The van der Waals surface area contributed by atoms with Crippen LogP contribution in [0.3, 0.4) is 0 Å². The van der Waals surface area contributed by atoms with Crippen LogP contribution in [0, 0.1) is 11.8 Å². The topological polar surface area (TPSA) is 75.6 Å². The Bertz CT molecular complexity index is 407. The maximum atomic E-state index is 12.3. The number of carboxylic acid groups (broad SMARTS) is 1. The van der Waals surface area contributed by atoms with Crippen molar-refractivity contribution in [3.05, 3.63) is 12.2 Å². The molecule has 1 fully saturated rings. The number of rotatable bonds is 7. The zero-order chi connectivity index (χ0) is 14.7. The number of hydrogen-bond acceptors (Lipinski definition) is 3. The molecule has 5 atom stereocenters. The molecule has 0 spiro atoms. The van der Waals surface area contributed by atoms with Gasteiger partial charge in [-0.05, 0) is 13.3 Å². The number of nitrogens with one attached hydrogen (secondary N) is 1. The number of ether oxygens (including phenoxy) is 1. The second kappa shape index (κ2) is 6.39. The molecular formula is C15H23NO4. The van der Waals surface area contributed by atoms with Crippen molar-refractivity contribution >= 4 is 11.9 Å². The van der Waals surface area contributed by atoms with Crippen LogP contribution in [0.4, 0.5) is 0 Å². The minimum atomic E-state index is -0.958. The summed E-state index contributed by atoms with van der Waals surface area (Å²) in [5, 5.41) is 12.2. The summed E-state index contributed by atoms with van der Waals surface area (Å²) in [5.74, 6) is -2.51. The van der Waals surface area contributed by atoms with Crippen LogP contribution >= 0.6 is 0 Å². The number of carbonyl (C=O) groups is 2. The van der Waals surface area contributed by atoms with Crippen LogP contribution in [0.5, 0.6) is 0 Å². The number of amides is 1. The number of unbranched alkanes of at least 4 members (excludes halogenated alkanes) is 2. The number of aliphatic carboxylic acids is 1. The van der Waals surface area contributed by atoms with E-state index in [1.54, 1.807) is 12.2 Å². The molecule has 0 saturated carbocycles. The Morgan fingerprint density at radius 2 is 1.90 bits per heavy atom. The second-order valence-corrected chi connectivity index (χ2v) is 5.75. The van der Waals surface area contributed by atoms with Gasteiger partial charge in [-0.2, -0.15) is 0 Å². The standard InChI is InChI=1S/C15H23NO4/c1-3-4-5-6-9(2)16-14(17)12-10-7-8-11(20-10)13(12)15(18)19/h7-13H,3-6H2,1-2H3,(H,16,17)(H,18,19)/t9-,10+,11+,12-,13+/m1/s1. The highest BCUT2D eigenvalue weighted by Crippen LogP contribution is 2.39. The van der Waals surface area contributed by atoms with Crippen molar-refractivity contribution in [2.24, 2.45) is 11.8 Å². The smallest absolute Gasteiger partial charge is 0.310 e. The maximum absolute atomic E-state index is 12.3. The van der Waals surface area contributed by atoms with Gasteiger partial charge in [0.25, 0.3) is 0 Å². The predicted octanol–water partition coefficient (Wildman–Crippen LogP) is 1.73. The van der Waals surface area contributed by atoms with Crippen molar-refractivity contribution in [3.63, 3.8) is 0 Å². The summed E-state index contributed by atoms with van der Waals surface area (Å²) < 4.78 is 5.51. The molecule has 1 saturated heterocycles. The van der Waals surface area contributed by atoms with Crippen LogP contribution < -0.4 is 5.32 Å². The van der Waals surface area contributed by atoms with Crippen LogP contribution in [0.25, 0.3) is 0 Å². The molecule has 2 aliphatic heterocycles. The molecule has 1 amide bonds. The van der Waals surface area contributed by atoms with E-state index in [-0.39, 0.29) is 18.1 Å². The fourth-order valence-electron chi connectivity index (χ4n) is 3.03. The van der Waals surface area contributed by atoms with Crippen molar-refractivity contribution < 1.29 is 19.4 Å². The predicted molar refractivity (Wildman–Crippen MR) is 74.2 cm³/mol. The van der Waals surface area contributed by atoms with Crippen molar-refractivity contribution in [1.29, 1.82) is 0 Å². The molecule has 20 heavy (non-hydrogen) atoms. The molecule has 5 heteroatoms. The average molecular weight is 281 g/mol. The Labute approximate surface area is 119 Å². The summed E-state index contributed by atoms with van der Waals surface area (Å²) >= 11 is 0. The van der Waals surface area contributed by atoms with Gasteiger partial charge in [0.15, 0.2) is 0 Å². The molecule has 0 unspecified atom stereocenters. The molecule has 2 aliphatic rings. The van der Waals surface area contributed by atoms with Gasteiger partial charge >= 0.3 is 5.97 Å². The van der Waals surface area contributed by atoms with Gasteiger partial charge in [0.2, 0.25) is 5.91 Å². The molecule has 2 bridgehead atoms. The number of carboxylic acids is 1. The van der Waals surface area contributed by atoms with E-state index in [0.717, 1.165) is 25.7 Å². The Morgan fingerprint density at radius 1 is 1.25 bits per heavy atom. The van der Waals surface area contributed by atoms with Crippen molar-refractivity contribution in [2.45, 2.75) is 57.8 Å². The SMILES string of the molecule is CCCCC[C@@H](C)NC(=O)[C@H]1[C@@H](C(=O)O)[C@@H]2C=C[C@@H]1O2. The summed E-state index contributed by atoms with van der Waals surface area (Å²) in [6.45, 7) is 4.10. The van der Waals surface area contributed by atoms with E-state index < -0.39 is 23.9 Å². The van der Waals surface area contributed by atoms with Crippen molar-refractivity contribution in [2.75, 3.05) is 0 Å². The van der Waals surface area contributed by atoms with Gasteiger partial charge in [-0.1, -0.05) is 38.3 Å². The number of carbonyl (C=O) groups excluding carboxylic acids is 1. The molecule has 2 N–H and O–H groups in total. The third kappa shape index (κ3) is 3.03. The maximum Gasteiger partial charge on any atom is 0.310 e. The van der Waals surface area contributed by atoms with E-state index >= 15 is 0 Å². The summed E-state index contributed by atoms with van der Waals surface area (Å²) in [7, 11) is 0. The van der Waals surface area contributed by atoms with E-state index in [4.69, 9.17) is 4.74 Å². The Balaban J connectivity index is 1.91. The highest BCUT2D eigenvalue weighted by molar-refractivity contribution is 5.87. The molecule has 0 aliphatic carbocycles. The summed E-state index contributed by atoms with van der Waals surface area (Å²) in [4.78, 5) is 23.6. The third-order valence-corrected chi connectivity index (χ3v) is 4.12. The molecule has 0 aromatic carbocycles. The van der Waals surface area contributed by atoms with Crippen LogP contribution in [-0.2, 0) is 14.3 Å². The lowest BCUT2D eigenvalue weighted by molar-refractivity contribution is -0.146. The Kier molecular flexibility index (Phi) is 4.81. The lowest BCUT2D eigenvalue weighted by Crippen LogP contribution is -2.45. The minimum absolute atomic E-state index is 0.0756.